The van der Waals surface area contributed by atoms with Gasteiger partial charge < -0.3 is 52.8 Å². The highest BCUT2D eigenvalue weighted by atomic mass is 16.6. The van der Waals surface area contributed by atoms with Crippen LogP contribution in [0.4, 0.5) is 0 Å². The van der Waals surface area contributed by atoms with Crippen molar-refractivity contribution in [1.82, 2.24) is 0 Å². The second-order valence-corrected chi connectivity index (χ2v) is 18.9. The van der Waals surface area contributed by atoms with Crippen molar-refractivity contribution in [2.45, 2.75) is 82.0 Å². The maximum Gasteiger partial charge on any atom is 0.330 e. The zero-order chi connectivity index (χ0) is 57.7. The molecule has 2 aliphatic rings. The predicted octanol–water partition coefficient (Wildman–Crippen LogP) is 7.15. The number of hydrogen-bond donors (Lipinski definition) is 2. The van der Waals surface area contributed by atoms with Crippen molar-refractivity contribution in [1.29, 1.82) is 0 Å². The number of rotatable bonds is 32. The number of Topliss-reactive ketones (excluding diaryl/α,β-unsaturated/α-hetero) is 1. The molecule has 424 valence electrons. The third-order valence-electron chi connectivity index (χ3n) is 13.6. The standard InChI is InChI=1S/C61H66O19/c1-5-52(63)72-32-34-74-54(65)28-30-56(67)78-37-42(62)36-76-43-24-20-40(21-25-43)61(50-18-12-10-14-46(50)47-15-11-13-19-51(47)61)41-22-26-44(27-23-41)77-38-45(39-79-57(68)31-29-55(66)75-35-33-73-53(64)6-2)80-60(4,7-3)58(69)48-16-8-9-17-49(48)59(70)71/h5-6,8-15,18-27,42,45,48-49,62H,1-2,7,16-17,28-39H2,3-4H3,(H,70,71). The van der Waals surface area contributed by atoms with E-state index in [0.717, 1.165) is 45.5 Å². The van der Waals surface area contributed by atoms with Crippen molar-refractivity contribution in [3.05, 3.63) is 157 Å². The van der Waals surface area contributed by atoms with Crippen LogP contribution in [0.3, 0.4) is 0 Å². The van der Waals surface area contributed by atoms with Gasteiger partial charge in [0, 0.05) is 18.1 Å². The number of ketones is 1. The average molecular weight is 1100 g/mol. The predicted molar refractivity (Wildman–Crippen MR) is 287 cm³/mol. The van der Waals surface area contributed by atoms with Crippen LogP contribution in [0.25, 0.3) is 11.1 Å². The Morgan fingerprint density at radius 2 is 1.00 bits per heavy atom. The van der Waals surface area contributed by atoms with Crippen molar-refractivity contribution in [2.75, 3.05) is 52.9 Å². The summed E-state index contributed by atoms with van der Waals surface area (Å²) in [6.45, 7) is 7.96. The van der Waals surface area contributed by atoms with E-state index >= 15 is 0 Å². The fourth-order valence-electron chi connectivity index (χ4n) is 9.41. The fourth-order valence-corrected chi connectivity index (χ4v) is 9.41. The second kappa shape index (κ2) is 29.5. The first-order valence-corrected chi connectivity index (χ1v) is 26.2. The second-order valence-electron chi connectivity index (χ2n) is 18.9. The first-order valence-electron chi connectivity index (χ1n) is 26.2. The van der Waals surface area contributed by atoms with Crippen LogP contribution in [0.2, 0.25) is 0 Å². The maximum absolute atomic E-state index is 14.2. The first-order chi connectivity index (χ1) is 38.5. The van der Waals surface area contributed by atoms with Crippen LogP contribution in [0.1, 0.15) is 81.0 Å². The third-order valence-corrected chi connectivity index (χ3v) is 13.6. The van der Waals surface area contributed by atoms with Gasteiger partial charge in [-0.3, -0.25) is 28.8 Å². The van der Waals surface area contributed by atoms with Crippen molar-refractivity contribution in [3.63, 3.8) is 0 Å². The molecule has 4 aromatic carbocycles. The topological polar surface area (TPSA) is 260 Å². The van der Waals surface area contributed by atoms with Crippen LogP contribution >= 0.6 is 0 Å². The molecule has 19 nitrogen and oxygen atoms in total. The summed E-state index contributed by atoms with van der Waals surface area (Å²) in [4.78, 5) is 98.4. The van der Waals surface area contributed by atoms with Crippen LogP contribution in [0, 0.1) is 11.8 Å². The molecule has 2 N–H and O–H groups in total. The van der Waals surface area contributed by atoms with Gasteiger partial charge in [0.2, 0.25) is 0 Å². The average Bonchev–Trinajstić information content (AvgIpc) is 3.90. The number of carbonyl (C=O) groups excluding carboxylic acids is 7. The van der Waals surface area contributed by atoms with E-state index in [1.165, 1.54) is 0 Å². The summed E-state index contributed by atoms with van der Waals surface area (Å²) < 4.78 is 48.9. The molecule has 2 aliphatic carbocycles. The summed E-state index contributed by atoms with van der Waals surface area (Å²) in [5, 5.41) is 20.6. The minimum absolute atomic E-state index is 0.157. The molecule has 0 amide bonds. The summed E-state index contributed by atoms with van der Waals surface area (Å²) >= 11 is 0. The van der Waals surface area contributed by atoms with Gasteiger partial charge >= 0.3 is 41.8 Å². The van der Waals surface area contributed by atoms with Gasteiger partial charge in [-0.1, -0.05) is 105 Å². The Labute approximate surface area is 463 Å². The van der Waals surface area contributed by atoms with Gasteiger partial charge in [0.15, 0.2) is 5.78 Å². The Bertz CT molecular complexity index is 2830. The van der Waals surface area contributed by atoms with E-state index in [9.17, 15) is 48.6 Å². The fraction of sp³-hybridized carbons (Fsp3) is 0.377. The molecular formula is C61H66O19. The van der Waals surface area contributed by atoms with Crippen LogP contribution < -0.4 is 9.47 Å². The zero-order valence-electron chi connectivity index (χ0n) is 44.7. The number of aliphatic hydroxyl groups excluding tert-OH is 1. The molecule has 19 heteroatoms. The largest absolute Gasteiger partial charge is 0.491 e. The first kappa shape index (κ1) is 60.8. The molecule has 0 heterocycles. The highest BCUT2D eigenvalue weighted by Crippen LogP contribution is 2.56. The molecule has 0 saturated heterocycles. The molecule has 6 rings (SSSR count). The number of carboxylic acids is 1. The van der Waals surface area contributed by atoms with Crippen molar-refractivity contribution >= 4 is 47.6 Å². The number of ether oxygens (including phenoxy) is 9. The van der Waals surface area contributed by atoms with Crippen molar-refractivity contribution < 1.29 is 91.2 Å². The van der Waals surface area contributed by atoms with Gasteiger partial charge in [0.05, 0.1) is 37.0 Å². The van der Waals surface area contributed by atoms with Gasteiger partial charge in [-0.25, -0.2) is 9.59 Å². The van der Waals surface area contributed by atoms with Gasteiger partial charge in [0.25, 0.3) is 0 Å². The number of carboxylic acid groups (broad SMARTS) is 1. The van der Waals surface area contributed by atoms with E-state index in [2.05, 4.69) is 37.4 Å². The zero-order valence-corrected chi connectivity index (χ0v) is 44.7. The van der Waals surface area contributed by atoms with Gasteiger partial charge in [-0.2, -0.15) is 0 Å². The smallest absolute Gasteiger partial charge is 0.330 e. The summed E-state index contributed by atoms with van der Waals surface area (Å²) in [6.07, 6.45) is 2.57. The number of aliphatic carboxylic acids is 1. The number of esters is 6. The molecule has 0 aromatic heterocycles. The van der Waals surface area contributed by atoms with Crippen molar-refractivity contribution in [3.8, 4) is 22.6 Å². The summed E-state index contributed by atoms with van der Waals surface area (Å²) in [7, 11) is 0. The molecular weight excluding hydrogens is 1040 g/mol. The van der Waals surface area contributed by atoms with E-state index in [-0.39, 0.29) is 97.8 Å². The van der Waals surface area contributed by atoms with Gasteiger partial charge in [-0.05, 0) is 83.8 Å². The van der Waals surface area contributed by atoms with Gasteiger partial charge in [0.1, 0.15) is 82.2 Å². The molecule has 0 saturated carbocycles. The van der Waals surface area contributed by atoms with E-state index in [4.69, 9.17) is 42.6 Å². The molecule has 80 heavy (non-hydrogen) atoms. The Kier molecular flexibility index (Phi) is 22.4. The summed E-state index contributed by atoms with van der Waals surface area (Å²) in [5.41, 5.74) is 3.52. The molecule has 0 fully saturated rings. The Morgan fingerprint density at radius 1 is 0.575 bits per heavy atom. The molecule has 4 aromatic rings. The highest BCUT2D eigenvalue weighted by molar-refractivity contribution is 5.93. The minimum atomic E-state index is -1.51. The lowest BCUT2D eigenvalue weighted by Gasteiger charge is -2.36. The molecule has 5 atom stereocenters. The lowest BCUT2D eigenvalue weighted by Crippen LogP contribution is -2.49. The monoisotopic (exact) mass is 1100 g/mol. The Hall–Kier alpha value is -8.42. The quantitative estimate of drug-likeness (QED) is 0.0142. The Balaban J connectivity index is 1.15. The minimum Gasteiger partial charge on any atom is -0.491 e. The van der Waals surface area contributed by atoms with Crippen molar-refractivity contribution in [2.24, 2.45) is 11.8 Å². The van der Waals surface area contributed by atoms with E-state index in [1.54, 1.807) is 50.3 Å². The van der Waals surface area contributed by atoms with E-state index in [0.29, 0.717) is 11.5 Å². The highest BCUT2D eigenvalue weighted by Gasteiger charge is 2.47. The number of carbonyl (C=O) groups is 8. The van der Waals surface area contributed by atoms with Crippen LogP contribution in [-0.2, 0) is 76.9 Å². The number of hydrogen-bond acceptors (Lipinski definition) is 18. The van der Waals surface area contributed by atoms with Crippen LogP contribution in [0.15, 0.2) is 135 Å². The van der Waals surface area contributed by atoms with Crippen LogP contribution in [-0.4, -0.2) is 128 Å². The molecule has 0 radical (unpaired) electrons. The lowest BCUT2D eigenvalue weighted by atomic mass is 9.68. The molecule has 5 unspecified atom stereocenters. The molecule has 0 aliphatic heterocycles. The maximum atomic E-state index is 14.2. The SMILES string of the molecule is C=CC(=O)OCCOC(=O)CCC(=O)OCC(O)COc1ccc(C2(c3ccc(OCC(COC(=O)CCC(=O)OCCOC(=O)C=C)OC(C)(CC)C(=O)C4CC=CCC4C(=O)O)cc3)c3ccccc3-c3ccccc32)cc1. The van der Waals surface area contributed by atoms with Gasteiger partial charge in [-0.15, -0.1) is 0 Å². The van der Waals surface area contributed by atoms with E-state index < -0.39 is 82.6 Å². The number of aliphatic hydroxyl groups is 1. The number of benzene rings is 4. The third kappa shape index (κ3) is 16.1. The normalized spacial score (nSPS) is 16.1. The Morgan fingerprint density at radius 3 is 1.46 bits per heavy atom. The summed E-state index contributed by atoms with van der Waals surface area (Å²) in [5.74, 6) is -6.70. The lowest BCUT2D eigenvalue weighted by molar-refractivity contribution is -0.172. The van der Waals surface area contributed by atoms with E-state index in [1.807, 2.05) is 48.5 Å². The molecule has 0 spiro atoms. The van der Waals surface area contributed by atoms with Crippen LogP contribution in [0.5, 0.6) is 11.5 Å². The summed E-state index contributed by atoms with van der Waals surface area (Å²) in [6, 6.07) is 31.2. The molecule has 0 bridgehead atoms. The number of allylic oxidation sites excluding steroid dienone is 2. The number of fused-ring (bicyclic) bond motifs is 3.